The zero-order chi connectivity index (χ0) is 19.8. The highest BCUT2D eigenvalue weighted by Gasteiger charge is 2.39. The van der Waals surface area contributed by atoms with Gasteiger partial charge in [0.1, 0.15) is 11.8 Å². The summed E-state index contributed by atoms with van der Waals surface area (Å²) in [6.07, 6.45) is 2.05. The number of nitrogens with one attached hydrogen (secondary N) is 1. The predicted molar refractivity (Wildman–Crippen MR) is 104 cm³/mol. The number of methoxy groups -OCH3 is 1. The van der Waals surface area contributed by atoms with Crippen molar-refractivity contribution < 1.29 is 14.5 Å². The Balaban J connectivity index is 1.81. The SMILES string of the molecule is CCC(=O)N1NC2=C(CCc3ccc(OC)cc32)C1c1ccc([N+](=O)[O-])cc1. The number of fused-ring (bicyclic) bond motifs is 2. The Kier molecular flexibility index (Phi) is 4.50. The second-order valence-corrected chi connectivity index (χ2v) is 6.90. The summed E-state index contributed by atoms with van der Waals surface area (Å²) in [5, 5.41) is 12.6. The lowest BCUT2D eigenvalue weighted by Gasteiger charge is -2.26. The van der Waals surface area contributed by atoms with E-state index in [2.05, 4.69) is 11.5 Å². The van der Waals surface area contributed by atoms with Gasteiger partial charge in [-0.3, -0.25) is 20.3 Å². The molecule has 2 aromatic rings. The quantitative estimate of drug-likeness (QED) is 0.646. The first kappa shape index (κ1) is 18.0. The minimum absolute atomic E-state index is 0.0257. The van der Waals surface area contributed by atoms with Gasteiger partial charge in [-0.25, -0.2) is 5.01 Å². The molecule has 7 heteroatoms. The third-order valence-electron chi connectivity index (χ3n) is 5.38. The summed E-state index contributed by atoms with van der Waals surface area (Å²) in [6.45, 7) is 1.82. The van der Waals surface area contributed by atoms with E-state index in [0.717, 1.165) is 41.0 Å². The number of nitro benzene ring substituents is 1. The number of ether oxygens (including phenoxy) is 1. The van der Waals surface area contributed by atoms with Crippen LogP contribution < -0.4 is 10.2 Å². The normalized spacial score (nSPS) is 17.6. The van der Waals surface area contributed by atoms with Gasteiger partial charge in [0.15, 0.2) is 0 Å². The average molecular weight is 379 g/mol. The Bertz CT molecular complexity index is 982. The van der Waals surface area contributed by atoms with Crippen LogP contribution in [0.4, 0.5) is 5.69 Å². The van der Waals surface area contributed by atoms with Gasteiger partial charge in [0, 0.05) is 24.1 Å². The molecule has 1 N–H and O–H groups in total. The number of nitro groups is 1. The number of amides is 1. The van der Waals surface area contributed by atoms with Gasteiger partial charge >= 0.3 is 0 Å². The molecule has 7 nitrogen and oxygen atoms in total. The molecule has 1 aliphatic carbocycles. The lowest BCUT2D eigenvalue weighted by Crippen LogP contribution is -2.39. The summed E-state index contributed by atoms with van der Waals surface area (Å²) in [5.74, 6) is 0.739. The number of hydrogen-bond donors (Lipinski definition) is 1. The highest BCUT2D eigenvalue weighted by molar-refractivity contribution is 5.84. The molecule has 1 amide bonds. The van der Waals surface area contributed by atoms with Crippen molar-refractivity contribution in [2.24, 2.45) is 0 Å². The van der Waals surface area contributed by atoms with Gasteiger partial charge in [-0.2, -0.15) is 0 Å². The monoisotopic (exact) mass is 379 g/mol. The number of aryl methyl sites for hydroxylation is 1. The van der Waals surface area contributed by atoms with Crippen molar-refractivity contribution in [3.63, 3.8) is 0 Å². The van der Waals surface area contributed by atoms with E-state index in [1.807, 2.05) is 19.1 Å². The lowest BCUT2D eigenvalue weighted by atomic mass is 9.85. The highest BCUT2D eigenvalue weighted by atomic mass is 16.6. The van der Waals surface area contributed by atoms with Crippen LogP contribution in [0.3, 0.4) is 0 Å². The van der Waals surface area contributed by atoms with Crippen LogP contribution in [0.2, 0.25) is 0 Å². The summed E-state index contributed by atoms with van der Waals surface area (Å²) in [6, 6.07) is 12.2. The molecule has 0 bridgehead atoms. The second kappa shape index (κ2) is 6.99. The second-order valence-electron chi connectivity index (χ2n) is 6.90. The van der Waals surface area contributed by atoms with Gasteiger partial charge in [0.05, 0.1) is 17.7 Å². The standard InChI is InChI=1S/C21H21N3O4/c1-3-19(25)23-21(14-4-8-15(9-5-14)24(26)27)17-11-7-13-6-10-16(28-2)12-18(13)20(17)22-23/h4-6,8-10,12,21-22H,3,7,11H2,1-2H3. The highest BCUT2D eigenvalue weighted by Crippen LogP contribution is 2.45. The summed E-state index contributed by atoms with van der Waals surface area (Å²) >= 11 is 0. The van der Waals surface area contributed by atoms with E-state index in [4.69, 9.17) is 4.74 Å². The number of non-ortho nitro benzene ring substituents is 1. The number of carbonyl (C=O) groups is 1. The molecule has 1 aliphatic heterocycles. The van der Waals surface area contributed by atoms with Crippen LogP contribution in [-0.4, -0.2) is 22.9 Å². The Hall–Kier alpha value is -3.35. The van der Waals surface area contributed by atoms with Crippen LogP contribution in [-0.2, 0) is 11.2 Å². The van der Waals surface area contributed by atoms with Crippen LogP contribution in [0.15, 0.2) is 48.0 Å². The van der Waals surface area contributed by atoms with E-state index in [0.29, 0.717) is 6.42 Å². The van der Waals surface area contributed by atoms with Gasteiger partial charge in [-0.05, 0) is 53.8 Å². The number of carbonyl (C=O) groups excluding carboxylic acids is 1. The van der Waals surface area contributed by atoms with Crippen molar-refractivity contribution in [1.82, 2.24) is 10.4 Å². The molecule has 0 fully saturated rings. The molecule has 0 radical (unpaired) electrons. The van der Waals surface area contributed by atoms with Gasteiger partial charge in [0.2, 0.25) is 5.91 Å². The van der Waals surface area contributed by atoms with E-state index in [1.165, 1.54) is 17.7 Å². The van der Waals surface area contributed by atoms with Crippen molar-refractivity contribution in [1.29, 1.82) is 0 Å². The van der Waals surface area contributed by atoms with E-state index in [-0.39, 0.29) is 17.6 Å². The Morgan fingerprint density at radius 1 is 1.25 bits per heavy atom. The lowest BCUT2D eigenvalue weighted by molar-refractivity contribution is -0.384. The molecule has 0 aromatic heterocycles. The molecule has 1 unspecified atom stereocenters. The van der Waals surface area contributed by atoms with E-state index in [9.17, 15) is 14.9 Å². The van der Waals surface area contributed by atoms with Crippen molar-refractivity contribution in [2.45, 2.75) is 32.2 Å². The number of rotatable bonds is 4. The summed E-state index contributed by atoms with van der Waals surface area (Å²) < 4.78 is 5.38. The van der Waals surface area contributed by atoms with Crippen molar-refractivity contribution in [3.8, 4) is 5.75 Å². The van der Waals surface area contributed by atoms with Gasteiger partial charge in [0.25, 0.3) is 5.69 Å². The summed E-state index contributed by atoms with van der Waals surface area (Å²) in [7, 11) is 1.63. The molecule has 4 rings (SSSR count). The number of benzene rings is 2. The molecular formula is C21H21N3O4. The molecule has 1 heterocycles. The van der Waals surface area contributed by atoms with E-state index < -0.39 is 4.92 Å². The third-order valence-corrected chi connectivity index (χ3v) is 5.38. The fourth-order valence-corrected chi connectivity index (χ4v) is 3.95. The number of hydrogen-bond acceptors (Lipinski definition) is 5. The van der Waals surface area contributed by atoms with Crippen LogP contribution in [0.25, 0.3) is 5.70 Å². The van der Waals surface area contributed by atoms with Gasteiger partial charge in [-0.1, -0.05) is 13.0 Å². The molecule has 1 atom stereocenters. The molecule has 2 aliphatic rings. The molecular weight excluding hydrogens is 358 g/mol. The minimum Gasteiger partial charge on any atom is -0.497 e. The maximum Gasteiger partial charge on any atom is 0.269 e. The van der Waals surface area contributed by atoms with Crippen molar-refractivity contribution in [2.75, 3.05) is 7.11 Å². The minimum atomic E-state index is -0.417. The summed E-state index contributed by atoms with van der Waals surface area (Å²) in [4.78, 5) is 23.2. The molecule has 144 valence electrons. The van der Waals surface area contributed by atoms with Crippen LogP contribution in [0, 0.1) is 10.1 Å². The Morgan fingerprint density at radius 2 is 2.00 bits per heavy atom. The predicted octanol–water partition coefficient (Wildman–Crippen LogP) is 3.76. The zero-order valence-electron chi connectivity index (χ0n) is 15.8. The average Bonchev–Trinajstić information content (AvgIpc) is 3.12. The largest absolute Gasteiger partial charge is 0.497 e. The fraction of sp³-hybridized carbons (Fsp3) is 0.286. The molecule has 28 heavy (non-hydrogen) atoms. The van der Waals surface area contributed by atoms with Crippen LogP contribution in [0.1, 0.15) is 42.5 Å². The number of nitrogens with zero attached hydrogens (tertiary/aromatic N) is 2. The van der Waals surface area contributed by atoms with Crippen molar-refractivity contribution >= 4 is 17.3 Å². The Labute approximate surface area is 162 Å². The first-order valence-corrected chi connectivity index (χ1v) is 9.27. The van der Waals surface area contributed by atoms with Crippen molar-refractivity contribution in [3.05, 3.63) is 74.8 Å². The molecule has 0 saturated heterocycles. The van der Waals surface area contributed by atoms with E-state index in [1.54, 1.807) is 24.3 Å². The maximum atomic E-state index is 12.7. The van der Waals surface area contributed by atoms with Gasteiger partial charge in [-0.15, -0.1) is 0 Å². The number of hydrazine groups is 1. The summed E-state index contributed by atoms with van der Waals surface area (Å²) in [5.41, 5.74) is 8.51. The molecule has 2 aromatic carbocycles. The first-order valence-electron chi connectivity index (χ1n) is 9.27. The Morgan fingerprint density at radius 3 is 2.64 bits per heavy atom. The third kappa shape index (κ3) is 2.89. The topological polar surface area (TPSA) is 84.7 Å². The first-order chi connectivity index (χ1) is 13.5. The van der Waals surface area contributed by atoms with E-state index >= 15 is 0 Å². The van der Waals surface area contributed by atoms with Crippen LogP contribution in [0.5, 0.6) is 5.75 Å². The molecule has 0 spiro atoms. The smallest absolute Gasteiger partial charge is 0.269 e. The fourth-order valence-electron chi connectivity index (χ4n) is 3.95. The van der Waals surface area contributed by atoms with Crippen LogP contribution >= 0.6 is 0 Å². The zero-order valence-corrected chi connectivity index (χ0v) is 15.8. The maximum absolute atomic E-state index is 12.7. The van der Waals surface area contributed by atoms with Gasteiger partial charge < -0.3 is 4.74 Å². The molecule has 0 saturated carbocycles.